The molecule has 0 unspecified atom stereocenters. The van der Waals surface area contributed by atoms with Crippen molar-refractivity contribution < 1.29 is 4.92 Å². The van der Waals surface area contributed by atoms with Gasteiger partial charge in [0.15, 0.2) is 5.96 Å². The molecule has 0 bridgehead atoms. The number of aliphatic imine (C=N–C) groups is 1. The Kier molecular flexibility index (Phi) is 6.73. The molecule has 0 amide bonds. The number of hydrogen-bond acceptors (Lipinski definition) is 4. The fraction of sp³-hybridized carbons (Fsp3) is 0.417. The number of non-ortho nitro benzene ring substituents is 1. The predicted molar refractivity (Wildman–Crippen MR) is 79.7 cm³/mol. The number of nitro benzene ring substituents is 1. The number of benzene rings is 1. The summed E-state index contributed by atoms with van der Waals surface area (Å²) < 4.78 is 0. The highest BCUT2D eigenvalue weighted by Crippen LogP contribution is 2.12. The van der Waals surface area contributed by atoms with E-state index in [-0.39, 0.29) is 5.69 Å². The first-order valence-electron chi connectivity index (χ1n) is 5.84. The van der Waals surface area contributed by atoms with Gasteiger partial charge in [0.25, 0.3) is 5.69 Å². The van der Waals surface area contributed by atoms with Gasteiger partial charge in [-0.1, -0.05) is 12.1 Å². The van der Waals surface area contributed by atoms with E-state index in [4.69, 9.17) is 0 Å². The van der Waals surface area contributed by atoms with Gasteiger partial charge in [-0.3, -0.25) is 15.1 Å². The highest BCUT2D eigenvalue weighted by Gasteiger charge is 2.05. The van der Waals surface area contributed by atoms with E-state index >= 15 is 0 Å². The van der Waals surface area contributed by atoms with Crippen LogP contribution in [0.15, 0.2) is 29.3 Å². The summed E-state index contributed by atoms with van der Waals surface area (Å²) in [6, 6.07) is 6.56. The highest BCUT2D eigenvalue weighted by molar-refractivity contribution is 7.98. The Morgan fingerprint density at radius 1 is 1.47 bits per heavy atom. The number of hydrogen-bond donors (Lipinski definition) is 2. The van der Waals surface area contributed by atoms with E-state index in [2.05, 4.69) is 15.6 Å². The third-order valence-electron chi connectivity index (χ3n) is 2.40. The molecule has 104 valence electrons. The number of nitrogens with one attached hydrogen (secondary N) is 2. The van der Waals surface area contributed by atoms with Crippen molar-refractivity contribution in [3.8, 4) is 0 Å². The molecule has 0 aliphatic heterocycles. The van der Waals surface area contributed by atoms with Gasteiger partial charge in [0, 0.05) is 38.0 Å². The maximum Gasteiger partial charge on any atom is 0.269 e. The summed E-state index contributed by atoms with van der Waals surface area (Å²) in [6.07, 6.45) is 2.04. The summed E-state index contributed by atoms with van der Waals surface area (Å²) in [5.74, 6) is 1.69. The monoisotopic (exact) mass is 282 g/mol. The Morgan fingerprint density at radius 3 is 2.89 bits per heavy atom. The van der Waals surface area contributed by atoms with Crippen LogP contribution in [-0.4, -0.2) is 36.5 Å². The standard InChI is InChI=1S/C12H18N4O2S/c1-13-12(14-6-7-19-2)15-9-10-4-3-5-11(8-10)16(17)18/h3-5,8H,6-7,9H2,1-2H3,(H2,13,14,15). The van der Waals surface area contributed by atoms with Crippen LogP contribution in [0.1, 0.15) is 5.56 Å². The van der Waals surface area contributed by atoms with Gasteiger partial charge >= 0.3 is 0 Å². The van der Waals surface area contributed by atoms with Gasteiger partial charge in [-0.15, -0.1) is 0 Å². The van der Waals surface area contributed by atoms with Crippen molar-refractivity contribution in [2.75, 3.05) is 25.6 Å². The number of guanidine groups is 1. The van der Waals surface area contributed by atoms with Crippen LogP contribution in [-0.2, 0) is 6.54 Å². The molecule has 1 aromatic rings. The molecule has 0 heterocycles. The SMILES string of the molecule is CN=C(NCCSC)NCc1cccc([N+](=O)[O-])c1. The van der Waals surface area contributed by atoms with Crippen molar-refractivity contribution in [3.63, 3.8) is 0 Å². The lowest BCUT2D eigenvalue weighted by atomic mass is 10.2. The molecule has 1 rings (SSSR count). The van der Waals surface area contributed by atoms with Crippen LogP contribution < -0.4 is 10.6 Å². The third kappa shape index (κ3) is 5.60. The molecule has 6 nitrogen and oxygen atoms in total. The van der Waals surface area contributed by atoms with E-state index in [9.17, 15) is 10.1 Å². The molecule has 0 aromatic heterocycles. The van der Waals surface area contributed by atoms with Gasteiger partial charge in [-0.05, 0) is 11.8 Å². The summed E-state index contributed by atoms with van der Waals surface area (Å²) in [4.78, 5) is 14.4. The van der Waals surface area contributed by atoms with Gasteiger partial charge in [-0.25, -0.2) is 0 Å². The lowest BCUT2D eigenvalue weighted by Crippen LogP contribution is -2.37. The lowest BCUT2D eigenvalue weighted by Gasteiger charge is -2.11. The number of thioether (sulfide) groups is 1. The lowest BCUT2D eigenvalue weighted by molar-refractivity contribution is -0.384. The molecule has 19 heavy (non-hydrogen) atoms. The van der Waals surface area contributed by atoms with Crippen LogP contribution >= 0.6 is 11.8 Å². The van der Waals surface area contributed by atoms with E-state index in [1.54, 1.807) is 30.9 Å². The van der Waals surface area contributed by atoms with E-state index in [0.717, 1.165) is 17.9 Å². The molecule has 0 aliphatic carbocycles. The molecule has 0 fully saturated rings. The predicted octanol–water partition coefficient (Wildman–Crippen LogP) is 1.62. The van der Waals surface area contributed by atoms with Crippen LogP contribution in [0.25, 0.3) is 0 Å². The molecular weight excluding hydrogens is 264 g/mol. The second kappa shape index (κ2) is 8.36. The van der Waals surface area contributed by atoms with Crippen LogP contribution in [0, 0.1) is 10.1 Å². The Labute approximate surface area is 116 Å². The number of rotatable bonds is 6. The van der Waals surface area contributed by atoms with E-state index < -0.39 is 4.92 Å². The maximum absolute atomic E-state index is 10.7. The summed E-state index contributed by atoms with van der Waals surface area (Å²) in [5, 5.41) is 16.9. The Bertz CT molecular complexity index is 451. The van der Waals surface area contributed by atoms with Crippen LogP contribution in [0.4, 0.5) is 5.69 Å². The average molecular weight is 282 g/mol. The van der Waals surface area contributed by atoms with Crippen molar-refractivity contribution >= 4 is 23.4 Å². The topological polar surface area (TPSA) is 79.6 Å². The van der Waals surface area contributed by atoms with Crippen molar-refractivity contribution in [1.29, 1.82) is 0 Å². The fourth-order valence-corrected chi connectivity index (χ4v) is 1.76. The minimum absolute atomic E-state index is 0.102. The fourth-order valence-electron chi connectivity index (χ4n) is 1.46. The largest absolute Gasteiger partial charge is 0.356 e. The zero-order valence-electron chi connectivity index (χ0n) is 11.0. The third-order valence-corrected chi connectivity index (χ3v) is 3.02. The van der Waals surface area contributed by atoms with Crippen molar-refractivity contribution in [2.24, 2.45) is 4.99 Å². The van der Waals surface area contributed by atoms with E-state index in [1.807, 2.05) is 12.3 Å². The summed E-state index contributed by atoms with van der Waals surface area (Å²) in [6.45, 7) is 1.33. The summed E-state index contributed by atoms with van der Waals surface area (Å²) in [5.41, 5.74) is 0.951. The van der Waals surface area contributed by atoms with Crippen molar-refractivity contribution in [3.05, 3.63) is 39.9 Å². The number of nitrogens with zero attached hydrogens (tertiary/aromatic N) is 2. The Hall–Kier alpha value is -1.76. The molecule has 0 atom stereocenters. The van der Waals surface area contributed by atoms with Crippen LogP contribution in [0.2, 0.25) is 0 Å². The minimum atomic E-state index is -0.394. The minimum Gasteiger partial charge on any atom is -0.356 e. The first kappa shape index (κ1) is 15.3. The molecule has 2 N–H and O–H groups in total. The molecule has 7 heteroatoms. The van der Waals surface area contributed by atoms with Gasteiger partial charge in [-0.2, -0.15) is 11.8 Å². The second-order valence-electron chi connectivity index (χ2n) is 3.77. The second-order valence-corrected chi connectivity index (χ2v) is 4.76. The van der Waals surface area contributed by atoms with Gasteiger partial charge in [0.2, 0.25) is 0 Å². The average Bonchev–Trinajstić information content (AvgIpc) is 2.43. The molecule has 0 spiro atoms. The highest BCUT2D eigenvalue weighted by atomic mass is 32.2. The summed E-state index contributed by atoms with van der Waals surface area (Å²) in [7, 11) is 1.70. The first-order valence-corrected chi connectivity index (χ1v) is 7.23. The normalized spacial score (nSPS) is 11.2. The Balaban J connectivity index is 2.50. The summed E-state index contributed by atoms with van der Waals surface area (Å²) >= 11 is 1.75. The number of nitro groups is 1. The smallest absolute Gasteiger partial charge is 0.269 e. The van der Waals surface area contributed by atoms with Gasteiger partial charge in [0.05, 0.1) is 4.92 Å². The zero-order chi connectivity index (χ0) is 14.1. The van der Waals surface area contributed by atoms with Gasteiger partial charge < -0.3 is 10.6 Å². The molecule has 0 radical (unpaired) electrons. The molecular formula is C12H18N4O2S. The van der Waals surface area contributed by atoms with Crippen molar-refractivity contribution in [1.82, 2.24) is 10.6 Å². The van der Waals surface area contributed by atoms with Crippen LogP contribution in [0.5, 0.6) is 0 Å². The molecule has 1 aromatic carbocycles. The van der Waals surface area contributed by atoms with Gasteiger partial charge in [0.1, 0.15) is 0 Å². The molecule has 0 saturated carbocycles. The van der Waals surface area contributed by atoms with Crippen molar-refractivity contribution in [2.45, 2.75) is 6.54 Å². The first-order chi connectivity index (χ1) is 9.17. The quantitative estimate of drug-likeness (QED) is 0.272. The molecule has 0 aliphatic rings. The zero-order valence-corrected chi connectivity index (χ0v) is 11.9. The van der Waals surface area contributed by atoms with Crippen LogP contribution in [0.3, 0.4) is 0 Å². The maximum atomic E-state index is 10.7. The Morgan fingerprint density at radius 2 is 2.26 bits per heavy atom. The molecule has 0 saturated heterocycles. The van der Waals surface area contributed by atoms with E-state index in [0.29, 0.717) is 12.5 Å². The van der Waals surface area contributed by atoms with E-state index in [1.165, 1.54) is 6.07 Å².